The Labute approximate surface area is 114 Å². The lowest BCUT2D eigenvalue weighted by Gasteiger charge is -2.07. The molecule has 0 fully saturated rings. The minimum absolute atomic E-state index is 0.417. The van der Waals surface area contributed by atoms with Gasteiger partial charge in [-0.15, -0.1) is 5.10 Å². The standard InChI is InChI=1S/C13H11ClN4O/c1-8-4-5-9(14)7-10(8)18-13(15)12(16-17-18)11-3-2-6-19-11/h2-7H,15H2,1H3. The van der Waals surface area contributed by atoms with Crippen molar-refractivity contribution in [3.8, 4) is 17.1 Å². The molecule has 3 aromatic rings. The molecule has 1 aromatic carbocycles. The molecule has 2 N–H and O–H groups in total. The number of hydrogen-bond donors (Lipinski definition) is 1. The first kappa shape index (κ1) is 11.8. The molecule has 0 amide bonds. The number of aromatic nitrogens is 3. The van der Waals surface area contributed by atoms with Gasteiger partial charge < -0.3 is 10.2 Å². The van der Waals surface area contributed by atoms with E-state index in [1.54, 1.807) is 29.1 Å². The van der Waals surface area contributed by atoms with E-state index in [2.05, 4.69) is 10.3 Å². The van der Waals surface area contributed by atoms with Gasteiger partial charge >= 0.3 is 0 Å². The highest BCUT2D eigenvalue weighted by Gasteiger charge is 2.16. The minimum atomic E-state index is 0.417. The molecule has 0 aliphatic heterocycles. The predicted molar refractivity (Wildman–Crippen MR) is 73.2 cm³/mol. The van der Waals surface area contributed by atoms with Gasteiger partial charge in [-0.1, -0.05) is 22.9 Å². The van der Waals surface area contributed by atoms with Gasteiger partial charge in [-0.2, -0.15) is 4.68 Å². The van der Waals surface area contributed by atoms with Gasteiger partial charge in [0.15, 0.2) is 17.3 Å². The van der Waals surface area contributed by atoms with Gasteiger partial charge in [0.25, 0.3) is 0 Å². The van der Waals surface area contributed by atoms with Gasteiger partial charge in [-0.05, 0) is 36.8 Å². The lowest BCUT2D eigenvalue weighted by Crippen LogP contribution is -2.04. The van der Waals surface area contributed by atoms with Crippen molar-refractivity contribution in [3.05, 3.63) is 47.2 Å². The second kappa shape index (κ2) is 4.44. The van der Waals surface area contributed by atoms with Crippen molar-refractivity contribution in [1.29, 1.82) is 0 Å². The van der Waals surface area contributed by atoms with E-state index in [9.17, 15) is 0 Å². The van der Waals surface area contributed by atoms with Crippen LogP contribution in [-0.2, 0) is 0 Å². The summed E-state index contributed by atoms with van der Waals surface area (Å²) < 4.78 is 6.84. The molecule has 0 unspecified atom stereocenters. The zero-order valence-electron chi connectivity index (χ0n) is 10.2. The maximum Gasteiger partial charge on any atom is 0.172 e. The zero-order chi connectivity index (χ0) is 13.4. The Balaban J connectivity index is 2.15. The van der Waals surface area contributed by atoms with Gasteiger partial charge in [0.1, 0.15) is 0 Å². The van der Waals surface area contributed by atoms with E-state index in [1.807, 2.05) is 19.1 Å². The summed E-state index contributed by atoms with van der Waals surface area (Å²) in [5.74, 6) is 1.00. The van der Waals surface area contributed by atoms with Crippen LogP contribution in [0.1, 0.15) is 5.56 Å². The van der Waals surface area contributed by atoms with Gasteiger partial charge in [0, 0.05) is 5.02 Å². The quantitative estimate of drug-likeness (QED) is 0.780. The van der Waals surface area contributed by atoms with Crippen LogP contribution >= 0.6 is 11.6 Å². The van der Waals surface area contributed by atoms with Crippen LogP contribution in [0, 0.1) is 6.92 Å². The average molecular weight is 275 g/mol. The number of rotatable bonds is 2. The van der Waals surface area contributed by atoms with E-state index in [-0.39, 0.29) is 0 Å². The summed E-state index contributed by atoms with van der Waals surface area (Å²) >= 11 is 6.00. The van der Waals surface area contributed by atoms with Crippen LogP contribution in [0.3, 0.4) is 0 Å². The maximum absolute atomic E-state index is 6.08. The molecule has 0 atom stereocenters. The summed E-state index contributed by atoms with van der Waals surface area (Å²) in [5.41, 5.74) is 8.41. The number of anilines is 1. The third-order valence-electron chi connectivity index (χ3n) is 2.86. The molecule has 2 aromatic heterocycles. The Morgan fingerprint density at radius 1 is 1.32 bits per heavy atom. The van der Waals surface area contributed by atoms with Crippen LogP contribution in [-0.4, -0.2) is 15.0 Å². The number of halogens is 1. The van der Waals surface area contributed by atoms with Crippen LogP contribution in [0.15, 0.2) is 41.0 Å². The average Bonchev–Trinajstić information content (AvgIpc) is 3.01. The highest BCUT2D eigenvalue weighted by atomic mass is 35.5. The first-order valence-corrected chi connectivity index (χ1v) is 6.06. The molecule has 2 heterocycles. The number of benzene rings is 1. The van der Waals surface area contributed by atoms with Crippen LogP contribution in [0.5, 0.6) is 0 Å². The van der Waals surface area contributed by atoms with E-state index in [0.29, 0.717) is 22.3 Å². The van der Waals surface area contributed by atoms with Gasteiger partial charge in [-0.3, -0.25) is 0 Å². The normalized spacial score (nSPS) is 10.8. The Kier molecular flexibility index (Phi) is 2.76. The molecule has 0 radical (unpaired) electrons. The van der Waals surface area contributed by atoms with E-state index in [4.69, 9.17) is 21.8 Å². The molecule has 19 heavy (non-hydrogen) atoms. The molecule has 6 heteroatoms. The van der Waals surface area contributed by atoms with Crippen molar-refractivity contribution < 1.29 is 4.42 Å². The molecule has 3 rings (SSSR count). The van der Waals surface area contributed by atoms with Crippen LogP contribution < -0.4 is 5.73 Å². The van der Waals surface area contributed by atoms with Crippen molar-refractivity contribution in [2.45, 2.75) is 6.92 Å². The first-order valence-electron chi connectivity index (χ1n) is 5.68. The molecule has 0 saturated heterocycles. The molecule has 0 spiro atoms. The van der Waals surface area contributed by atoms with Crippen molar-refractivity contribution in [2.75, 3.05) is 5.73 Å². The molecule has 0 bridgehead atoms. The van der Waals surface area contributed by atoms with Crippen LogP contribution in [0.4, 0.5) is 5.82 Å². The van der Waals surface area contributed by atoms with Crippen molar-refractivity contribution in [2.24, 2.45) is 0 Å². The maximum atomic E-state index is 6.08. The van der Waals surface area contributed by atoms with Crippen molar-refractivity contribution >= 4 is 17.4 Å². The second-order valence-electron chi connectivity index (χ2n) is 4.14. The Hall–Kier alpha value is -2.27. The minimum Gasteiger partial charge on any atom is -0.463 e. The molecular weight excluding hydrogens is 264 g/mol. The van der Waals surface area contributed by atoms with Gasteiger partial charge in [0.2, 0.25) is 0 Å². The van der Waals surface area contributed by atoms with Crippen molar-refractivity contribution in [1.82, 2.24) is 15.0 Å². The summed E-state index contributed by atoms with van der Waals surface area (Å²) in [5, 5.41) is 8.74. The summed E-state index contributed by atoms with van der Waals surface area (Å²) in [6.45, 7) is 1.96. The summed E-state index contributed by atoms with van der Waals surface area (Å²) in [6, 6.07) is 9.09. The summed E-state index contributed by atoms with van der Waals surface area (Å²) in [6.07, 6.45) is 1.57. The number of nitrogen functional groups attached to an aromatic ring is 1. The predicted octanol–water partition coefficient (Wildman–Crippen LogP) is 3.07. The van der Waals surface area contributed by atoms with Crippen molar-refractivity contribution in [3.63, 3.8) is 0 Å². The molecule has 96 valence electrons. The van der Waals surface area contributed by atoms with Gasteiger partial charge in [0.05, 0.1) is 12.0 Å². The zero-order valence-corrected chi connectivity index (χ0v) is 10.9. The fraction of sp³-hybridized carbons (Fsp3) is 0.0769. The van der Waals surface area contributed by atoms with E-state index >= 15 is 0 Å². The third-order valence-corrected chi connectivity index (χ3v) is 3.09. The SMILES string of the molecule is Cc1ccc(Cl)cc1-n1nnc(-c2ccco2)c1N. The smallest absolute Gasteiger partial charge is 0.172 e. The van der Waals surface area contributed by atoms with Crippen LogP contribution in [0.2, 0.25) is 5.02 Å². The monoisotopic (exact) mass is 274 g/mol. The molecule has 5 nitrogen and oxygen atoms in total. The number of furan rings is 1. The topological polar surface area (TPSA) is 69.9 Å². The first-order chi connectivity index (χ1) is 9.16. The number of hydrogen-bond acceptors (Lipinski definition) is 4. The molecule has 0 aliphatic rings. The fourth-order valence-electron chi connectivity index (χ4n) is 1.87. The lowest BCUT2D eigenvalue weighted by molar-refractivity contribution is 0.580. The third kappa shape index (κ3) is 1.98. The molecular formula is C13H11ClN4O. The lowest BCUT2D eigenvalue weighted by atomic mass is 10.2. The Bertz CT molecular complexity index is 718. The van der Waals surface area contributed by atoms with E-state index < -0.39 is 0 Å². The number of nitrogens with two attached hydrogens (primary N) is 1. The fourth-order valence-corrected chi connectivity index (χ4v) is 2.03. The summed E-state index contributed by atoms with van der Waals surface area (Å²) in [4.78, 5) is 0. The largest absolute Gasteiger partial charge is 0.463 e. The van der Waals surface area contributed by atoms with Crippen LogP contribution in [0.25, 0.3) is 17.1 Å². The molecule has 0 aliphatic carbocycles. The van der Waals surface area contributed by atoms with E-state index in [1.165, 1.54) is 0 Å². The highest BCUT2D eigenvalue weighted by molar-refractivity contribution is 6.30. The number of aryl methyl sites for hydroxylation is 1. The summed E-state index contributed by atoms with van der Waals surface area (Å²) in [7, 11) is 0. The molecule has 0 saturated carbocycles. The Morgan fingerprint density at radius 2 is 2.16 bits per heavy atom. The van der Waals surface area contributed by atoms with Gasteiger partial charge in [-0.25, -0.2) is 0 Å². The van der Waals surface area contributed by atoms with E-state index in [0.717, 1.165) is 11.3 Å². The Morgan fingerprint density at radius 3 is 2.89 bits per heavy atom. The second-order valence-corrected chi connectivity index (χ2v) is 4.58. The highest BCUT2D eigenvalue weighted by Crippen LogP contribution is 2.27. The number of nitrogens with zero attached hydrogens (tertiary/aromatic N) is 3.